The van der Waals surface area contributed by atoms with Crippen LogP contribution in [-0.2, 0) is 29.6 Å². The second-order valence-electron chi connectivity index (χ2n) is 7.00. The molecular formula is C18H25N7O2. The van der Waals surface area contributed by atoms with Crippen molar-refractivity contribution in [3.8, 4) is 11.4 Å². The van der Waals surface area contributed by atoms with Gasteiger partial charge >= 0.3 is 0 Å². The highest BCUT2D eigenvalue weighted by molar-refractivity contribution is 5.84. The van der Waals surface area contributed by atoms with Crippen molar-refractivity contribution < 1.29 is 9.59 Å². The van der Waals surface area contributed by atoms with Crippen LogP contribution in [0.4, 0.5) is 5.82 Å². The molecule has 0 fully saturated rings. The minimum atomic E-state index is -0.215. The fourth-order valence-corrected chi connectivity index (χ4v) is 3.00. The van der Waals surface area contributed by atoms with Crippen LogP contribution in [0, 0.1) is 0 Å². The summed E-state index contributed by atoms with van der Waals surface area (Å²) in [5.41, 5.74) is 2.73. The first kappa shape index (κ1) is 18.8. The van der Waals surface area contributed by atoms with Gasteiger partial charge in [-0.3, -0.25) is 14.3 Å². The van der Waals surface area contributed by atoms with Crippen molar-refractivity contribution in [2.45, 2.75) is 39.8 Å². The van der Waals surface area contributed by atoms with Gasteiger partial charge in [0.2, 0.25) is 11.8 Å². The summed E-state index contributed by atoms with van der Waals surface area (Å²) in [7, 11) is 1.85. The summed E-state index contributed by atoms with van der Waals surface area (Å²) in [5, 5.41) is 10.1. The lowest BCUT2D eigenvalue weighted by Crippen LogP contribution is -2.42. The largest absolute Gasteiger partial charge is 0.367 e. The number of rotatable bonds is 5. The Morgan fingerprint density at radius 1 is 1.30 bits per heavy atom. The van der Waals surface area contributed by atoms with E-state index < -0.39 is 0 Å². The Bertz CT molecular complexity index is 859. The third kappa shape index (κ3) is 4.42. The normalized spacial score (nSPS) is 13.4. The molecule has 144 valence electrons. The zero-order chi connectivity index (χ0) is 19.6. The van der Waals surface area contributed by atoms with Crippen LogP contribution in [0.5, 0.6) is 0 Å². The van der Waals surface area contributed by atoms with Crippen LogP contribution in [0.2, 0.25) is 0 Å². The standard InChI is InChI=1S/C18H25N7O2/c1-11(2)21-18-14-10-25(16(27)8-19-12(3)26)6-5-15(14)22-17(23-18)13-7-20-24(4)9-13/h7,9,11H,5-6,8,10H2,1-4H3,(H,19,26)(H,21,22,23). The molecule has 0 bridgehead atoms. The van der Waals surface area contributed by atoms with E-state index in [1.807, 2.05) is 27.1 Å². The van der Waals surface area contributed by atoms with Crippen molar-refractivity contribution in [1.29, 1.82) is 0 Å². The lowest BCUT2D eigenvalue weighted by Gasteiger charge is -2.30. The summed E-state index contributed by atoms with van der Waals surface area (Å²) in [6.07, 6.45) is 4.27. The van der Waals surface area contributed by atoms with Crippen molar-refractivity contribution in [3.63, 3.8) is 0 Å². The summed E-state index contributed by atoms with van der Waals surface area (Å²) in [4.78, 5) is 34.6. The fourth-order valence-electron chi connectivity index (χ4n) is 3.00. The molecule has 2 amide bonds. The number of nitrogens with zero attached hydrogens (tertiary/aromatic N) is 5. The van der Waals surface area contributed by atoms with Crippen LogP contribution in [-0.4, -0.2) is 55.6 Å². The number of hydrogen-bond acceptors (Lipinski definition) is 6. The summed E-state index contributed by atoms with van der Waals surface area (Å²) >= 11 is 0. The van der Waals surface area contributed by atoms with Crippen LogP contribution in [0.3, 0.4) is 0 Å². The van der Waals surface area contributed by atoms with Gasteiger partial charge in [-0.25, -0.2) is 9.97 Å². The molecular weight excluding hydrogens is 346 g/mol. The highest BCUT2D eigenvalue weighted by Crippen LogP contribution is 2.27. The Morgan fingerprint density at radius 3 is 2.70 bits per heavy atom. The van der Waals surface area contributed by atoms with Gasteiger partial charge in [-0.05, 0) is 13.8 Å². The van der Waals surface area contributed by atoms with Gasteiger partial charge in [0.25, 0.3) is 0 Å². The third-order valence-corrected chi connectivity index (χ3v) is 4.29. The topological polar surface area (TPSA) is 105 Å². The maximum Gasteiger partial charge on any atom is 0.242 e. The van der Waals surface area contributed by atoms with Gasteiger partial charge in [0.15, 0.2) is 5.82 Å². The summed E-state index contributed by atoms with van der Waals surface area (Å²) in [6, 6.07) is 0.191. The molecule has 0 radical (unpaired) electrons. The molecule has 0 spiro atoms. The molecule has 0 aromatic carbocycles. The number of amides is 2. The zero-order valence-corrected chi connectivity index (χ0v) is 16.1. The Labute approximate surface area is 158 Å². The molecule has 3 rings (SSSR count). The molecule has 1 aliphatic heterocycles. The Hall–Kier alpha value is -2.97. The fraction of sp³-hybridized carbons (Fsp3) is 0.500. The van der Waals surface area contributed by atoms with Gasteiger partial charge in [-0.1, -0.05) is 0 Å². The number of aryl methyl sites for hydroxylation is 1. The van der Waals surface area contributed by atoms with E-state index in [2.05, 4.69) is 15.7 Å². The first-order chi connectivity index (χ1) is 12.8. The maximum atomic E-state index is 12.4. The second-order valence-corrected chi connectivity index (χ2v) is 7.00. The van der Waals surface area contributed by atoms with E-state index in [-0.39, 0.29) is 24.4 Å². The Morgan fingerprint density at radius 2 is 2.07 bits per heavy atom. The Balaban J connectivity index is 1.90. The highest BCUT2D eigenvalue weighted by atomic mass is 16.2. The lowest BCUT2D eigenvalue weighted by atomic mass is 10.0. The molecule has 2 N–H and O–H groups in total. The number of carbonyl (C=O) groups excluding carboxylic acids is 2. The quantitative estimate of drug-likeness (QED) is 0.802. The minimum absolute atomic E-state index is 0.00619. The minimum Gasteiger partial charge on any atom is -0.367 e. The molecule has 0 atom stereocenters. The first-order valence-corrected chi connectivity index (χ1v) is 9.01. The number of nitrogens with one attached hydrogen (secondary N) is 2. The summed E-state index contributed by atoms with van der Waals surface area (Å²) < 4.78 is 1.72. The van der Waals surface area contributed by atoms with Gasteiger partial charge in [-0.15, -0.1) is 0 Å². The van der Waals surface area contributed by atoms with Crippen molar-refractivity contribution in [2.24, 2.45) is 7.05 Å². The molecule has 1 aliphatic rings. The Kier molecular flexibility index (Phi) is 5.38. The van der Waals surface area contributed by atoms with Crippen LogP contribution in [0.15, 0.2) is 12.4 Å². The number of anilines is 1. The molecule has 0 saturated carbocycles. The maximum absolute atomic E-state index is 12.4. The molecule has 0 saturated heterocycles. The van der Waals surface area contributed by atoms with Crippen LogP contribution < -0.4 is 10.6 Å². The SMILES string of the molecule is CC(=O)NCC(=O)N1CCc2nc(-c3cnn(C)c3)nc(NC(C)C)c2C1. The molecule has 2 aromatic heterocycles. The van der Waals surface area contributed by atoms with E-state index in [1.54, 1.807) is 15.8 Å². The lowest BCUT2D eigenvalue weighted by molar-refractivity contribution is -0.133. The number of fused-ring (bicyclic) bond motifs is 1. The van der Waals surface area contributed by atoms with Crippen LogP contribution in [0.1, 0.15) is 32.0 Å². The average Bonchev–Trinajstić information content (AvgIpc) is 3.05. The molecule has 9 heteroatoms. The van der Waals surface area contributed by atoms with Crippen LogP contribution in [0.25, 0.3) is 11.4 Å². The van der Waals surface area contributed by atoms with Gasteiger partial charge in [-0.2, -0.15) is 5.10 Å². The number of carbonyl (C=O) groups is 2. The predicted molar refractivity (Wildman–Crippen MR) is 101 cm³/mol. The molecule has 2 aromatic rings. The molecule has 9 nitrogen and oxygen atoms in total. The van der Waals surface area contributed by atoms with E-state index in [0.29, 0.717) is 25.3 Å². The molecule has 27 heavy (non-hydrogen) atoms. The third-order valence-electron chi connectivity index (χ3n) is 4.29. The van der Waals surface area contributed by atoms with E-state index in [9.17, 15) is 9.59 Å². The molecule has 3 heterocycles. The monoisotopic (exact) mass is 371 g/mol. The molecule has 0 unspecified atom stereocenters. The van der Waals surface area contributed by atoms with Crippen LogP contribution >= 0.6 is 0 Å². The van der Waals surface area contributed by atoms with E-state index in [1.165, 1.54) is 6.92 Å². The predicted octanol–water partition coefficient (Wildman–Crippen LogP) is 0.718. The smallest absolute Gasteiger partial charge is 0.242 e. The van der Waals surface area contributed by atoms with Crippen molar-refractivity contribution in [3.05, 3.63) is 23.7 Å². The van der Waals surface area contributed by atoms with Crippen molar-refractivity contribution >= 4 is 17.6 Å². The van der Waals surface area contributed by atoms with Crippen molar-refractivity contribution in [2.75, 3.05) is 18.4 Å². The van der Waals surface area contributed by atoms with Gasteiger partial charge in [0.05, 0.1) is 30.5 Å². The van der Waals surface area contributed by atoms with Gasteiger partial charge in [0.1, 0.15) is 5.82 Å². The first-order valence-electron chi connectivity index (χ1n) is 9.01. The van der Waals surface area contributed by atoms with E-state index in [4.69, 9.17) is 9.97 Å². The molecule has 0 aliphatic carbocycles. The van der Waals surface area contributed by atoms with Gasteiger partial charge < -0.3 is 15.5 Å². The average molecular weight is 371 g/mol. The van der Waals surface area contributed by atoms with E-state index >= 15 is 0 Å². The van der Waals surface area contributed by atoms with Gasteiger partial charge in [0, 0.05) is 44.7 Å². The number of hydrogen-bond donors (Lipinski definition) is 2. The van der Waals surface area contributed by atoms with E-state index in [0.717, 1.165) is 22.6 Å². The number of aromatic nitrogens is 4. The highest BCUT2D eigenvalue weighted by Gasteiger charge is 2.26. The zero-order valence-electron chi connectivity index (χ0n) is 16.1. The van der Waals surface area contributed by atoms with Crippen molar-refractivity contribution in [1.82, 2.24) is 30.0 Å². The summed E-state index contributed by atoms with van der Waals surface area (Å²) in [5.74, 6) is 1.05. The summed E-state index contributed by atoms with van der Waals surface area (Å²) in [6.45, 7) is 6.48. The second kappa shape index (κ2) is 7.73.